The van der Waals surface area contributed by atoms with E-state index in [1.165, 1.54) is 11.3 Å². The summed E-state index contributed by atoms with van der Waals surface area (Å²) in [5, 5.41) is 7.16. The van der Waals surface area contributed by atoms with Crippen molar-refractivity contribution in [2.24, 2.45) is 0 Å². The lowest BCUT2D eigenvalue weighted by Crippen LogP contribution is -2.22. The zero-order chi connectivity index (χ0) is 22.5. The minimum atomic E-state index is -0.111. The van der Waals surface area contributed by atoms with Gasteiger partial charge in [0.25, 0.3) is 5.56 Å². The van der Waals surface area contributed by atoms with Crippen LogP contribution in [-0.4, -0.2) is 30.9 Å². The van der Waals surface area contributed by atoms with Crippen LogP contribution in [0, 0.1) is 0 Å². The molecule has 0 unspecified atom stereocenters. The fourth-order valence-electron chi connectivity index (χ4n) is 4.11. The van der Waals surface area contributed by atoms with Gasteiger partial charge in [-0.1, -0.05) is 20.8 Å². The number of nitrogens with zero attached hydrogens (tertiary/aromatic N) is 5. The highest BCUT2D eigenvalue weighted by Gasteiger charge is 2.20. The summed E-state index contributed by atoms with van der Waals surface area (Å²) in [5.41, 5.74) is 5.54. The summed E-state index contributed by atoms with van der Waals surface area (Å²) >= 11 is 0. The Morgan fingerprint density at radius 2 is 2.00 bits per heavy atom. The topological polar surface area (TPSA) is 89.7 Å². The van der Waals surface area contributed by atoms with Gasteiger partial charge < -0.3 is 10.6 Å². The Morgan fingerprint density at radius 3 is 2.78 bits per heavy atom. The average Bonchev–Trinajstić information content (AvgIpc) is 3.34. The number of anilines is 3. The molecular weight excluding hydrogens is 402 g/mol. The maximum absolute atomic E-state index is 13.1. The summed E-state index contributed by atoms with van der Waals surface area (Å²) in [6, 6.07) is 10.1. The first-order valence-electron chi connectivity index (χ1n) is 10.9. The molecule has 4 heterocycles. The normalized spacial score (nSPS) is 13.2. The van der Waals surface area contributed by atoms with Crippen LogP contribution < -0.4 is 16.2 Å². The van der Waals surface area contributed by atoms with Crippen LogP contribution in [0.5, 0.6) is 0 Å². The molecule has 8 nitrogen and oxygen atoms in total. The second-order valence-electron chi connectivity index (χ2n) is 9.09. The van der Waals surface area contributed by atoms with Crippen molar-refractivity contribution in [3.63, 3.8) is 0 Å². The van der Waals surface area contributed by atoms with Crippen LogP contribution in [0.3, 0.4) is 0 Å². The molecule has 164 valence electrons. The molecule has 1 aliphatic rings. The van der Waals surface area contributed by atoms with E-state index in [1.807, 2.05) is 29.8 Å². The second-order valence-corrected chi connectivity index (χ2v) is 9.09. The molecular formula is C24H27N7O. The Balaban J connectivity index is 1.62. The third-order valence-corrected chi connectivity index (χ3v) is 5.80. The van der Waals surface area contributed by atoms with E-state index in [1.54, 1.807) is 17.1 Å². The molecule has 8 heteroatoms. The van der Waals surface area contributed by atoms with Crippen LogP contribution in [0.1, 0.15) is 39.0 Å². The van der Waals surface area contributed by atoms with Crippen molar-refractivity contribution in [1.82, 2.24) is 24.3 Å². The lowest BCUT2D eigenvalue weighted by atomic mass is 9.91. The molecule has 1 aromatic carbocycles. The van der Waals surface area contributed by atoms with Gasteiger partial charge in [-0.05, 0) is 49.2 Å². The average molecular weight is 430 g/mol. The Hall–Kier alpha value is -3.68. The molecule has 5 rings (SSSR count). The number of fused-ring (bicyclic) bond motifs is 2. The van der Waals surface area contributed by atoms with Crippen LogP contribution in [0.15, 0.2) is 47.5 Å². The van der Waals surface area contributed by atoms with Crippen molar-refractivity contribution in [2.75, 3.05) is 17.2 Å². The molecule has 0 aliphatic carbocycles. The molecule has 32 heavy (non-hydrogen) atoms. The molecule has 0 spiro atoms. The Morgan fingerprint density at radius 1 is 1.16 bits per heavy atom. The van der Waals surface area contributed by atoms with E-state index >= 15 is 0 Å². The monoisotopic (exact) mass is 429 g/mol. The SMILES string of the molecule is CCn1c(=O)c2cnc(Nc3ccc4c(c3)CCN4)nc2n1-c1ccnc(C(C)(C)C)c1. The summed E-state index contributed by atoms with van der Waals surface area (Å²) < 4.78 is 3.56. The summed E-state index contributed by atoms with van der Waals surface area (Å²) in [7, 11) is 0. The van der Waals surface area contributed by atoms with Crippen molar-refractivity contribution >= 4 is 28.4 Å². The fourth-order valence-corrected chi connectivity index (χ4v) is 4.11. The first-order chi connectivity index (χ1) is 15.3. The molecule has 0 radical (unpaired) electrons. The van der Waals surface area contributed by atoms with Gasteiger partial charge in [0.1, 0.15) is 5.39 Å². The highest BCUT2D eigenvalue weighted by Crippen LogP contribution is 2.27. The number of hydrogen-bond acceptors (Lipinski definition) is 6. The molecule has 0 bridgehead atoms. The number of nitrogens with one attached hydrogen (secondary N) is 2. The number of benzene rings is 1. The molecule has 1 aliphatic heterocycles. The fraction of sp³-hybridized carbons (Fsp3) is 0.333. The van der Waals surface area contributed by atoms with Crippen LogP contribution >= 0.6 is 0 Å². The van der Waals surface area contributed by atoms with Crippen LogP contribution in [0.4, 0.5) is 17.3 Å². The van der Waals surface area contributed by atoms with Gasteiger partial charge in [-0.25, -0.2) is 14.3 Å². The van der Waals surface area contributed by atoms with Crippen molar-refractivity contribution in [3.05, 3.63) is 64.3 Å². The standard InChI is InChI=1S/C24H27N7O/c1-5-30-22(32)18-14-27-23(28-16-6-7-19-15(12-16)8-10-25-19)29-21(18)31(30)17-9-11-26-20(13-17)24(2,3)4/h6-7,9,11-14,25H,5,8,10H2,1-4H3,(H,27,28,29). The molecule has 0 amide bonds. The third-order valence-electron chi connectivity index (χ3n) is 5.80. The van der Waals surface area contributed by atoms with Crippen molar-refractivity contribution in [2.45, 2.75) is 46.1 Å². The van der Waals surface area contributed by atoms with Gasteiger partial charge in [0.05, 0.1) is 5.69 Å². The van der Waals surface area contributed by atoms with Gasteiger partial charge in [0.15, 0.2) is 5.65 Å². The van der Waals surface area contributed by atoms with Gasteiger partial charge in [-0.3, -0.25) is 9.78 Å². The quantitative estimate of drug-likeness (QED) is 0.510. The highest BCUT2D eigenvalue weighted by molar-refractivity contribution is 5.77. The number of rotatable bonds is 4. The lowest BCUT2D eigenvalue weighted by molar-refractivity contribution is 0.557. The molecule has 2 N–H and O–H groups in total. The van der Waals surface area contributed by atoms with E-state index in [0.29, 0.717) is 23.5 Å². The first kappa shape index (κ1) is 20.2. The molecule has 4 aromatic rings. The number of aromatic nitrogens is 5. The second kappa shape index (κ2) is 7.47. The van der Waals surface area contributed by atoms with E-state index in [9.17, 15) is 4.79 Å². The Bertz CT molecular complexity index is 1380. The molecule has 3 aromatic heterocycles. The van der Waals surface area contributed by atoms with E-state index in [4.69, 9.17) is 4.98 Å². The van der Waals surface area contributed by atoms with Gasteiger partial charge in [-0.2, -0.15) is 4.98 Å². The van der Waals surface area contributed by atoms with Crippen LogP contribution in [-0.2, 0) is 18.4 Å². The smallest absolute Gasteiger partial charge is 0.278 e. The molecule has 0 atom stereocenters. The molecule has 0 fully saturated rings. The first-order valence-corrected chi connectivity index (χ1v) is 10.9. The van der Waals surface area contributed by atoms with Gasteiger partial charge in [-0.15, -0.1) is 0 Å². The predicted molar refractivity (Wildman–Crippen MR) is 127 cm³/mol. The van der Waals surface area contributed by atoms with E-state index < -0.39 is 0 Å². The van der Waals surface area contributed by atoms with E-state index in [2.05, 4.69) is 53.5 Å². The summed E-state index contributed by atoms with van der Waals surface area (Å²) in [4.78, 5) is 26.7. The summed E-state index contributed by atoms with van der Waals surface area (Å²) in [5.74, 6) is 0.454. The highest BCUT2D eigenvalue weighted by atomic mass is 16.1. The minimum Gasteiger partial charge on any atom is -0.384 e. The summed E-state index contributed by atoms with van der Waals surface area (Å²) in [6.07, 6.45) is 4.39. The van der Waals surface area contributed by atoms with Gasteiger partial charge in [0.2, 0.25) is 5.95 Å². The minimum absolute atomic E-state index is 0.105. The largest absolute Gasteiger partial charge is 0.384 e. The molecule has 0 saturated carbocycles. The molecule has 0 saturated heterocycles. The predicted octanol–water partition coefficient (Wildman–Crippen LogP) is 4.01. The van der Waals surface area contributed by atoms with Crippen LogP contribution in [0.25, 0.3) is 16.7 Å². The third kappa shape index (κ3) is 3.41. The Kier molecular flexibility index (Phi) is 4.73. The van der Waals surface area contributed by atoms with E-state index in [-0.39, 0.29) is 11.0 Å². The van der Waals surface area contributed by atoms with E-state index in [0.717, 1.165) is 30.0 Å². The van der Waals surface area contributed by atoms with Crippen LogP contribution in [0.2, 0.25) is 0 Å². The van der Waals surface area contributed by atoms with Gasteiger partial charge >= 0.3 is 0 Å². The van der Waals surface area contributed by atoms with Crippen molar-refractivity contribution in [1.29, 1.82) is 0 Å². The maximum Gasteiger partial charge on any atom is 0.278 e. The van der Waals surface area contributed by atoms with Gasteiger partial charge in [0, 0.05) is 48.0 Å². The van der Waals surface area contributed by atoms with Crippen molar-refractivity contribution in [3.8, 4) is 5.69 Å². The zero-order valence-electron chi connectivity index (χ0n) is 18.8. The zero-order valence-corrected chi connectivity index (χ0v) is 18.8. The Labute approximate surface area is 186 Å². The number of hydrogen-bond donors (Lipinski definition) is 2. The maximum atomic E-state index is 13.1. The van der Waals surface area contributed by atoms with Crippen molar-refractivity contribution < 1.29 is 0 Å². The lowest BCUT2D eigenvalue weighted by Gasteiger charge is -2.19. The number of pyridine rings is 1. The summed E-state index contributed by atoms with van der Waals surface area (Å²) in [6.45, 7) is 9.79.